The maximum atomic E-state index is 11.0. The summed E-state index contributed by atoms with van der Waals surface area (Å²) in [4.78, 5) is 24.0. The topological polar surface area (TPSA) is 66.3 Å². The van der Waals surface area contributed by atoms with Gasteiger partial charge in [0.15, 0.2) is 0 Å². The molecule has 2 aromatic rings. The first-order valence-corrected chi connectivity index (χ1v) is 8.54. The van der Waals surface area contributed by atoms with Crippen molar-refractivity contribution in [3.05, 3.63) is 45.2 Å². The number of carbonyl (C=O) groups is 1. The van der Waals surface area contributed by atoms with E-state index in [0.29, 0.717) is 4.88 Å². The summed E-state index contributed by atoms with van der Waals surface area (Å²) in [6, 6.07) is 3.59. The summed E-state index contributed by atoms with van der Waals surface area (Å²) < 4.78 is 0. The standard InChI is InChI=1S/C17H21N3O2S/c1-17(2,3)16-18-8-11-9-20(7-6-13(11)19-16)10-12-4-5-14(23-12)15(21)22/h4-5,8H,6-7,9-10H2,1-3H3,(H,21,22). The number of hydrogen-bond acceptors (Lipinski definition) is 5. The van der Waals surface area contributed by atoms with E-state index in [2.05, 4.69) is 30.7 Å². The highest BCUT2D eigenvalue weighted by atomic mass is 32.1. The number of aromatic nitrogens is 2. The van der Waals surface area contributed by atoms with Gasteiger partial charge in [0, 0.05) is 53.8 Å². The third kappa shape index (κ3) is 3.59. The van der Waals surface area contributed by atoms with Crippen molar-refractivity contribution in [2.24, 2.45) is 0 Å². The Bertz CT molecular complexity index is 734. The van der Waals surface area contributed by atoms with Crippen LogP contribution in [0.1, 0.15) is 52.4 Å². The van der Waals surface area contributed by atoms with Gasteiger partial charge in [0.25, 0.3) is 0 Å². The minimum atomic E-state index is -0.853. The van der Waals surface area contributed by atoms with E-state index in [9.17, 15) is 4.79 Å². The highest BCUT2D eigenvalue weighted by Gasteiger charge is 2.23. The van der Waals surface area contributed by atoms with E-state index in [1.807, 2.05) is 12.3 Å². The van der Waals surface area contributed by atoms with Crippen LogP contribution in [0.5, 0.6) is 0 Å². The molecular formula is C17H21N3O2S. The number of fused-ring (bicyclic) bond motifs is 1. The van der Waals surface area contributed by atoms with Crippen molar-refractivity contribution in [1.82, 2.24) is 14.9 Å². The van der Waals surface area contributed by atoms with Crippen LogP contribution in [0.4, 0.5) is 0 Å². The van der Waals surface area contributed by atoms with Crippen molar-refractivity contribution < 1.29 is 9.90 Å². The van der Waals surface area contributed by atoms with Gasteiger partial charge in [-0.1, -0.05) is 20.8 Å². The molecule has 23 heavy (non-hydrogen) atoms. The van der Waals surface area contributed by atoms with E-state index < -0.39 is 5.97 Å². The Balaban J connectivity index is 1.71. The fraction of sp³-hybridized carbons (Fsp3) is 0.471. The first-order chi connectivity index (χ1) is 10.8. The van der Waals surface area contributed by atoms with Gasteiger partial charge < -0.3 is 5.11 Å². The summed E-state index contributed by atoms with van der Waals surface area (Å²) in [5.41, 5.74) is 2.30. The van der Waals surface area contributed by atoms with E-state index in [-0.39, 0.29) is 5.41 Å². The Morgan fingerprint density at radius 2 is 2.17 bits per heavy atom. The first kappa shape index (κ1) is 16.1. The molecule has 3 heterocycles. The summed E-state index contributed by atoms with van der Waals surface area (Å²) in [6.45, 7) is 8.91. The Morgan fingerprint density at radius 1 is 1.39 bits per heavy atom. The van der Waals surface area contributed by atoms with E-state index in [4.69, 9.17) is 10.1 Å². The summed E-state index contributed by atoms with van der Waals surface area (Å²) in [6.07, 6.45) is 2.87. The molecule has 0 aliphatic carbocycles. The van der Waals surface area contributed by atoms with E-state index in [0.717, 1.165) is 42.5 Å². The smallest absolute Gasteiger partial charge is 0.345 e. The Labute approximate surface area is 140 Å². The normalized spacial score (nSPS) is 15.4. The van der Waals surface area contributed by atoms with Crippen LogP contribution in [0.15, 0.2) is 18.3 Å². The SMILES string of the molecule is CC(C)(C)c1ncc2c(n1)CCN(Cc1ccc(C(=O)O)s1)C2. The van der Waals surface area contributed by atoms with Crippen molar-refractivity contribution in [2.75, 3.05) is 6.54 Å². The fourth-order valence-corrected chi connectivity index (χ4v) is 3.56. The molecule has 0 unspecified atom stereocenters. The van der Waals surface area contributed by atoms with E-state index >= 15 is 0 Å². The molecular weight excluding hydrogens is 310 g/mol. The maximum Gasteiger partial charge on any atom is 0.345 e. The zero-order chi connectivity index (χ0) is 16.6. The highest BCUT2D eigenvalue weighted by Crippen LogP contribution is 2.25. The van der Waals surface area contributed by atoms with Crippen molar-refractivity contribution in [2.45, 2.75) is 45.7 Å². The fourth-order valence-electron chi connectivity index (χ4n) is 2.67. The second kappa shape index (κ2) is 6.02. The Morgan fingerprint density at radius 3 is 2.83 bits per heavy atom. The Hall–Kier alpha value is -1.79. The quantitative estimate of drug-likeness (QED) is 0.936. The number of thiophene rings is 1. The number of rotatable bonds is 3. The molecule has 0 atom stereocenters. The molecule has 0 amide bonds. The molecule has 5 nitrogen and oxygen atoms in total. The summed E-state index contributed by atoms with van der Waals surface area (Å²) >= 11 is 1.35. The zero-order valence-corrected chi connectivity index (χ0v) is 14.5. The van der Waals surface area contributed by atoms with Crippen LogP contribution in [0, 0.1) is 0 Å². The molecule has 122 valence electrons. The molecule has 0 fully saturated rings. The van der Waals surface area contributed by atoms with Crippen molar-refractivity contribution in [3.8, 4) is 0 Å². The van der Waals surface area contributed by atoms with Gasteiger partial charge in [0.1, 0.15) is 10.7 Å². The van der Waals surface area contributed by atoms with Crippen LogP contribution in [0.2, 0.25) is 0 Å². The van der Waals surface area contributed by atoms with Crippen LogP contribution in [-0.2, 0) is 24.9 Å². The molecule has 1 aliphatic rings. The summed E-state index contributed by atoms with van der Waals surface area (Å²) in [5, 5.41) is 9.01. The Kier molecular flexibility index (Phi) is 4.21. The third-order valence-corrected chi connectivity index (χ3v) is 4.99. The number of nitrogens with zero attached hydrogens (tertiary/aromatic N) is 3. The molecule has 0 radical (unpaired) electrons. The van der Waals surface area contributed by atoms with Gasteiger partial charge in [-0.25, -0.2) is 14.8 Å². The van der Waals surface area contributed by atoms with Gasteiger partial charge in [0.2, 0.25) is 0 Å². The van der Waals surface area contributed by atoms with E-state index in [1.54, 1.807) is 6.07 Å². The lowest BCUT2D eigenvalue weighted by Crippen LogP contribution is -2.31. The molecule has 0 aromatic carbocycles. The largest absolute Gasteiger partial charge is 0.477 e. The third-order valence-electron chi connectivity index (χ3n) is 3.94. The van der Waals surface area contributed by atoms with Gasteiger partial charge in [-0.15, -0.1) is 11.3 Å². The van der Waals surface area contributed by atoms with Crippen LogP contribution in [0.25, 0.3) is 0 Å². The average molecular weight is 331 g/mol. The molecule has 0 spiro atoms. The summed E-state index contributed by atoms with van der Waals surface area (Å²) in [5.74, 6) is 0.0439. The average Bonchev–Trinajstić information content (AvgIpc) is 2.94. The maximum absolute atomic E-state index is 11.0. The number of hydrogen-bond donors (Lipinski definition) is 1. The number of carboxylic acids is 1. The molecule has 0 saturated heterocycles. The lowest BCUT2D eigenvalue weighted by Gasteiger charge is -2.28. The predicted octanol–water partition coefficient (Wildman–Crippen LogP) is 3.09. The number of aromatic carboxylic acids is 1. The minimum Gasteiger partial charge on any atom is -0.477 e. The second-order valence-corrected chi connectivity index (χ2v) is 8.12. The van der Waals surface area contributed by atoms with Gasteiger partial charge in [0.05, 0.1) is 0 Å². The van der Waals surface area contributed by atoms with Crippen LogP contribution < -0.4 is 0 Å². The molecule has 3 rings (SSSR count). The van der Waals surface area contributed by atoms with Crippen molar-refractivity contribution in [1.29, 1.82) is 0 Å². The van der Waals surface area contributed by atoms with Crippen LogP contribution >= 0.6 is 11.3 Å². The minimum absolute atomic E-state index is 0.0314. The molecule has 0 saturated carbocycles. The lowest BCUT2D eigenvalue weighted by molar-refractivity contribution is 0.0702. The van der Waals surface area contributed by atoms with Crippen LogP contribution in [0.3, 0.4) is 0 Å². The van der Waals surface area contributed by atoms with Gasteiger partial charge in [-0.2, -0.15) is 0 Å². The molecule has 1 aliphatic heterocycles. The molecule has 0 bridgehead atoms. The molecule has 1 N–H and O–H groups in total. The van der Waals surface area contributed by atoms with Crippen LogP contribution in [-0.4, -0.2) is 32.5 Å². The zero-order valence-electron chi connectivity index (χ0n) is 13.7. The van der Waals surface area contributed by atoms with Gasteiger partial charge in [-0.05, 0) is 12.1 Å². The van der Waals surface area contributed by atoms with Gasteiger partial charge >= 0.3 is 5.97 Å². The molecule has 6 heteroatoms. The van der Waals surface area contributed by atoms with E-state index in [1.165, 1.54) is 16.9 Å². The highest BCUT2D eigenvalue weighted by molar-refractivity contribution is 7.13. The molecule has 2 aromatic heterocycles. The lowest BCUT2D eigenvalue weighted by atomic mass is 9.95. The monoisotopic (exact) mass is 331 g/mol. The van der Waals surface area contributed by atoms with Crippen molar-refractivity contribution in [3.63, 3.8) is 0 Å². The summed E-state index contributed by atoms with van der Waals surface area (Å²) in [7, 11) is 0. The van der Waals surface area contributed by atoms with Crippen molar-refractivity contribution >= 4 is 17.3 Å². The number of carboxylic acid groups (broad SMARTS) is 1. The predicted molar refractivity (Wildman–Crippen MR) is 89.8 cm³/mol. The first-order valence-electron chi connectivity index (χ1n) is 7.72. The second-order valence-electron chi connectivity index (χ2n) is 6.95. The van der Waals surface area contributed by atoms with Gasteiger partial charge in [-0.3, -0.25) is 4.90 Å².